The molecule has 0 unspecified atom stereocenters. The lowest BCUT2D eigenvalue weighted by Crippen LogP contribution is -1.98. The number of halogens is 2. The highest BCUT2D eigenvalue weighted by Gasteiger charge is 2.08. The Morgan fingerprint density at radius 1 is 1.09 bits per heavy atom. The topological polar surface area (TPSA) is 34.1 Å². The number of para-hydroxylation sites is 1. The summed E-state index contributed by atoms with van der Waals surface area (Å²) in [7, 11) is 0. The van der Waals surface area contributed by atoms with Crippen LogP contribution in [0.25, 0.3) is 10.9 Å². The second-order valence-electron chi connectivity index (χ2n) is 5.03. The van der Waals surface area contributed by atoms with Crippen LogP contribution in [0.4, 0.5) is 15.8 Å². The third kappa shape index (κ3) is 3.71. The summed E-state index contributed by atoms with van der Waals surface area (Å²) in [6.45, 7) is 4.46. The molecule has 1 aromatic heterocycles. The lowest BCUT2D eigenvalue weighted by atomic mass is 10.1. The molecule has 3 nitrogen and oxygen atoms in total. The molecule has 0 amide bonds. The van der Waals surface area contributed by atoms with E-state index in [-0.39, 0.29) is 18.2 Å². The molecule has 120 valence electrons. The van der Waals surface area contributed by atoms with Crippen LogP contribution in [0.3, 0.4) is 0 Å². The predicted molar refractivity (Wildman–Crippen MR) is 94.6 cm³/mol. The number of nitrogens with one attached hydrogen (secondary N) is 1. The molecule has 0 aliphatic heterocycles. The number of fused-ring (bicyclic) bond motifs is 1. The fourth-order valence-corrected chi connectivity index (χ4v) is 2.40. The molecule has 0 spiro atoms. The largest absolute Gasteiger partial charge is 0.494 e. The number of aromatic nitrogens is 1. The molecule has 1 N–H and O–H groups in total. The van der Waals surface area contributed by atoms with Crippen molar-refractivity contribution in [2.45, 2.75) is 13.8 Å². The van der Waals surface area contributed by atoms with Gasteiger partial charge in [0.25, 0.3) is 0 Å². The Bertz CT molecular complexity index is 823. The lowest BCUT2D eigenvalue weighted by Gasteiger charge is -2.12. The third-order valence-corrected chi connectivity index (χ3v) is 3.36. The number of hydrogen-bond donors (Lipinski definition) is 1. The SMILES string of the molecule is CCOc1ccc2nc(C)cc(Nc3ccccc3F)c2c1.Cl. The molecule has 0 radical (unpaired) electrons. The summed E-state index contributed by atoms with van der Waals surface area (Å²) in [5, 5.41) is 4.06. The molecule has 0 fully saturated rings. The molecule has 0 aliphatic carbocycles. The maximum absolute atomic E-state index is 13.9. The van der Waals surface area contributed by atoms with Gasteiger partial charge in [-0.25, -0.2) is 4.39 Å². The first kappa shape index (κ1) is 17.0. The van der Waals surface area contributed by atoms with E-state index in [9.17, 15) is 4.39 Å². The average molecular weight is 333 g/mol. The van der Waals surface area contributed by atoms with Gasteiger partial charge in [0.1, 0.15) is 11.6 Å². The number of ether oxygens (including phenoxy) is 1. The highest BCUT2D eigenvalue weighted by atomic mass is 35.5. The van der Waals surface area contributed by atoms with E-state index in [1.807, 2.05) is 38.1 Å². The van der Waals surface area contributed by atoms with Gasteiger partial charge in [0, 0.05) is 16.8 Å². The van der Waals surface area contributed by atoms with Crippen molar-refractivity contribution in [1.29, 1.82) is 0 Å². The fourth-order valence-electron chi connectivity index (χ4n) is 2.40. The zero-order valence-corrected chi connectivity index (χ0v) is 13.8. The van der Waals surface area contributed by atoms with Crippen LogP contribution in [-0.2, 0) is 0 Å². The van der Waals surface area contributed by atoms with E-state index in [0.717, 1.165) is 28.0 Å². The zero-order chi connectivity index (χ0) is 15.5. The van der Waals surface area contributed by atoms with E-state index < -0.39 is 0 Å². The number of aryl methyl sites for hydroxylation is 1. The van der Waals surface area contributed by atoms with Crippen molar-refractivity contribution >= 4 is 34.7 Å². The van der Waals surface area contributed by atoms with Crippen molar-refractivity contribution in [1.82, 2.24) is 4.98 Å². The molecule has 0 bridgehead atoms. The Morgan fingerprint density at radius 2 is 1.87 bits per heavy atom. The Hall–Kier alpha value is -2.33. The van der Waals surface area contributed by atoms with Gasteiger partial charge >= 0.3 is 0 Å². The van der Waals surface area contributed by atoms with Crippen molar-refractivity contribution in [3.63, 3.8) is 0 Å². The van der Waals surface area contributed by atoms with Gasteiger partial charge in [-0.3, -0.25) is 4.98 Å². The van der Waals surface area contributed by atoms with Crippen LogP contribution >= 0.6 is 12.4 Å². The summed E-state index contributed by atoms with van der Waals surface area (Å²) in [5.41, 5.74) is 2.98. The van der Waals surface area contributed by atoms with E-state index in [1.165, 1.54) is 6.07 Å². The number of benzene rings is 2. The highest BCUT2D eigenvalue weighted by molar-refractivity contribution is 5.94. The van der Waals surface area contributed by atoms with Gasteiger partial charge in [0.15, 0.2) is 0 Å². The van der Waals surface area contributed by atoms with E-state index in [2.05, 4.69) is 10.3 Å². The first-order valence-corrected chi connectivity index (χ1v) is 7.23. The van der Waals surface area contributed by atoms with Gasteiger partial charge in [-0.2, -0.15) is 0 Å². The van der Waals surface area contributed by atoms with Crippen LogP contribution in [0.1, 0.15) is 12.6 Å². The molecule has 23 heavy (non-hydrogen) atoms. The molecule has 1 heterocycles. The summed E-state index contributed by atoms with van der Waals surface area (Å²) in [5.74, 6) is 0.489. The normalized spacial score (nSPS) is 10.2. The van der Waals surface area contributed by atoms with E-state index >= 15 is 0 Å². The molecule has 5 heteroatoms. The average Bonchev–Trinajstić information content (AvgIpc) is 2.50. The Morgan fingerprint density at radius 3 is 2.61 bits per heavy atom. The van der Waals surface area contributed by atoms with Crippen LogP contribution < -0.4 is 10.1 Å². The van der Waals surface area contributed by atoms with Crippen molar-refractivity contribution < 1.29 is 9.13 Å². The minimum absolute atomic E-state index is 0. The Balaban J connectivity index is 0.00000192. The Kier molecular flexibility index (Phi) is 5.40. The van der Waals surface area contributed by atoms with Crippen molar-refractivity contribution in [3.05, 3.63) is 60.0 Å². The third-order valence-electron chi connectivity index (χ3n) is 3.36. The smallest absolute Gasteiger partial charge is 0.146 e. The van der Waals surface area contributed by atoms with Crippen molar-refractivity contribution in [3.8, 4) is 5.75 Å². The highest BCUT2D eigenvalue weighted by Crippen LogP contribution is 2.30. The van der Waals surface area contributed by atoms with Crippen LogP contribution in [0.15, 0.2) is 48.5 Å². The maximum Gasteiger partial charge on any atom is 0.146 e. The number of hydrogen-bond acceptors (Lipinski definition) is 3. The van der Waals surface area contributed by atoms with Crippen LogP contribution in [0.2, 0.25) is 0 Å². The minimum Gasteiger partial charge on any atom is -0.494 e. The molecule has 0 atom stereocenters. The molecular weight excluding hydrogens is 315 g/mol. The summed E-state index contributed by atoms with van der Waals surface area (Å²) in [4.78, 5) is 4.51. The van der Waals surface area contributed by atoms with Gasteiger partial charge in [-0.15, -0.1) is 12.4 Å². The maximum atomic E-state index is 13.9. The molecule has 3 aromatic rings. The summed E-state index contributed by atoms with van der Waals surface area (Å²) in [6, 6.07) is 14.3. The second-order valence-corrected chi connectivity index (χ2v) is 5.03. The monoisotopic (exact) mass is 332 g/mol. The summed E-state index contributed by atoms with van der Waals surface area (Å²) >= 11 is 0. The van der Waals surface area contributed by atoms with Crippen LogP contribution in [0, 0.1) is 12.7 Å². The van der Waals surface area contributed by atoms with Crippen molar-refractivity contribution in [2.75, 3.05) is 11.9 Å². The summed E-state index contributed by atoms with van der Waals surface area (Å²) in [6.07, 6.45) is 0. The predicted octanol–water partition coefficient (Wildman–Crippen LogP) is 5.25. The summed E-state index contributed by atoms with van der Waals surface area (Å²) < 4.78 is 19.4. The standard InChI is InChI=1S/C18H17FN2O.ClH/c1-3-22-13-8-9-16-14(11-13)18(10-12(2)20-16)21-17-7-5-4-6-15(17)19;/h4-11H,3H2,1-2H3,(H,20,21);1H. The fraction of sp³-hybridized carbons (Fsp3) is 0.167. The minimum atomic E-state index is -0.286. The Labute approximate surface area is 140 Å². The number of anilines is 2. The second kappa shape index (κ2) is 7.29. The van der Waals surface area contributed by atoms with Gasteiger partial charge < -0.3 is 10.1 Å². The number of nitrogens with zero attached hydrogens (tertiary/aromatic N) is 1. The molecule has 0 saturated heterocycles. The van der Waals surface area contributed by atoms with Crippen molar-refractivity contribution in [2.24, 2.45) is 0 Å². The molecule has 2 aromatic carbocycles. The number of pyridine rings is 1. The van der Waals surface area contributed by atoms with Crippen LogP contribution in [0.5, 0.6) is 5.75 Å². The zero-order valence-electron chi connectivity index (χ0n) is 13.0. The van der Waals surface area contributed by atoms with Crippen LogP contribution in [-0.4, -0.2) is 11.6 Å². The van der Waals surface area contributed by atoms with E-state index in [0.29, 0.717) is 12.3 Å². The van der Waals surface area contributed by atoms with E-state index in [1.54, 1.807) is 18.2 Å². The van der Waals surface area contributed by atoms with Gasteiger partial charge in [-0.05, 0) is 50.2 Å². The molecule has 0 aliphatic rings. The molecule has 3 rings (SSSR count). The molecule has 0 saturated carbocycles. The number of rotatable bonds is 4. The van der Waals surface area contributed by atoms with Gasteiger partial charge in [0.05, 0.1) is 17.8 Å². The first-order valence-electron chi connectivity index (χ1n) is 7.23. The van der Waals surface area contributed by atoms with Gasteiger partial charge in [0.2, 0.25) is 0 Å². The first-order chi connectivity index (χ1) is 10.7. The lowest BCUT2D eigenvalue weighted by molar-refractivity contribution is 0.340. The van der Waals surface area contributed by atoms with E-state index in [4.69, 9.17) is 4.74 Å². The van der Waals surface area contributed by atoms with Gasteiger partial charge in [-0.1, -0.05) is 12.1 Å². The quantitative estimate of drug-likeness (QED) is 0.708. The molecular formula is C18H18ClFN2O.